The first kappa shape index (κ1) is 23.8. The number of hydrogen-bond donors (Lipinski definition) is 2. The van der Waals surface area contributed by atoms with Crippen molar-refractivity contribution in [2.24, 2.45) is 5.73 Å². The average molecular weight is 451 g/mol. The third-order valence-corrected chi connectivity index (χ3v) is 4.90. The molecule has 0 saturated carbocycles. The van der Waals surface area contributed by atoms with Crippen LogP contribution in [0.5, 0.6) is 0 Å². The highest BCUT2D eigenvalue weighted by Gasteiger charge is 2.10. The second-order valence-electron chi connectivity index (χ2n) is 7.21. The van der Waals surface area contributed by atoms with Crippen molar-refractivity contribution in [1.29, 1.82) is 0 Å². The van der Waals surface area contributed by atoms with Gasteiger partial charge in [0.25, 0.3) is 0 Å². The number of ketones is 2. The standard InChI is InChI=1S/C14H11NO2.C14H10O3/c15-14(17)12-8-6-11(7-9-12)13(16)10-4-2-1-3-5-10;15-13(10-4-2-1-3-5-10)11-6-8-12(9-7-11)14(16)17/h1-9H,(H2,15,17);1-9H,(H,16,17). The molecule has 6 heteroatoms. The second-order valence-corrected chi connectivity index (χ2v) is 7.21. The van der Waals surface area contributed by atoms with Crippen LogP contribution in [0.4, 0.5) is 0 Å². The lowest BCUT2D eigenvalue weighted by Gasteiger charge is -2.01. The maximum atomic E-state index is 12.0. The maximum absolute atomic E-state index is 12.0. The van der Waals surface area contributed by atoms with E-state index in [1.807, 2.05) is 24.3 Å². The van der Waals surface area contributed by atoms with Gasteiger partial charge in [-0.25, -0.2) is 4.79 Å². The zero-order valence-electron chi connectivity index (χ0n) is 18.0. The smallest absolute Gasteiger partial charge is 0.335 e. The number of carboxylic acids is 1. The lowest BCUT2D eigenvalue weighted by molar-refractivity contribution is 0.0696. The molecule has 0 bridgehead atoms. The molecule has 0 aliphatic carbocycles. The highest BCUT2D eigenvalue weighted by Crippen LogP contribution is 2.12. The van der Waals surface area contributed by atoms with E-state index in [1.165, 1.54) is 24.3 Å². The fraction of sp³-hybridized carbons (Fsp3) is 0. The highest BCUT2D eigenvalue weighted by molar-refractivity contribution is 6.10. The number of primary amides is 1. The molecule has 168 valence electrons. The first-order chi connectivity index (χ1) is 16.4. The van der Waals surface area contributed by atoms with E-state index in [0.29, 0.717) is 27.8 Å². The van der Waals surface area contributed by atoms with Crippen molar-refractivity contribution in [2.45, 2.75) is 0 Å². The van der Waals surface area contributed by atoms with Gasteiger partial charge >= 0.3 is 5.97 Å². The number of carbonyl (C=O) groups is 4. The zero-order chi connectivity index (χ0) is 24.5. The Morgan fingerprint density at radius 2 is 0.735 bits per heavy atom. The normalized spacial score (nSPS) is 9.88. The highest BCUT2D eigenvalue weighted by atomic mass is 16.4. The van der Waals surface area contributed by atoms with E-state index in [4.69, 9.17) is 10.8 Å². The number of rotatable bonds is 6. The summed E-state index contributed by atoms with van der Waals surface area (Å²) in [5, 5.41) is 8.75. The number of benzene rings is 4. The Morgan fingerprint density at radius 3 is 1.06 bits per heavy atom. The Balaban J connectivity index is 0.000000191. The van der Waals surface area contributed by atoms with Gasteiger partial charge in [-0.15, -0.1) is 0 Å². The summed E-state index contributed by atoms with van der Waals surface area (Å²) < 4.78 is 0. The molecule has 6 nitrogen and oxygen atoms in total. The van der Waals surface area contributed by atoms with E-state index in [9.17, 15) is 19.2 Å². The summed E-state index contributed by atoms with van der Waals surface area (Å²) in [5.74, 6) is -1.67. The molecule has 0 aliphatic heterocycles. The van der Waals surface area contributed by atoms with Gasteiger partial charge in [-0.05, 0) is 24.3 Å². The van der Waals surface area contributed by atoms with Crippen LogP contribution in [0, 0.1) is 0 Å². The molecular weight excluding hydrogens is 430 g/mol. The van der Waals surface area contributed by atoms with E-state index in [0.717, 1.165) is 0 Å². The first-order valence-electron chi connectivity index (χ1n) is 10.3. The molecule has 0 fully saturated rings. The molecule has 0 spiro atoms. The van der Waals surface area contributed by atoms with Crippen molar-refractivity contribution >= 4 is 23.4 Å². The molecule has 0 atom stereocenters. The van der Waals surface area contributed by atoms with Gasteiger partial charge in [-0.3, -0.25) is 14.4 Å². The molecule has 3 N–H and O–H groups in total. The van der Waals surface area contributed by atoms with Crippen LogP contribution in [-0.2, 0) is 0 Å². The molecule has 0 unspecified atom stereocenters. The third kappa shape index (κ3) is 6.11. The Morgan fingerprint density at radius 1 is 0.441 bits per heavy atom. The quantitative estimate of drug-likeness (QED) is 0.415. The number of amides is 1. The van der Waals surface area contributed by atoms with Crippen molar-refractivity contribution in [3.63, 3.8) is 0 Å². The zero-order valence-corrected chi connectivity index (χ0v) is 18.0. The summed E-state index contributed by atoms with van der Waals surface area (Å²) in [4.78, 5) is 45.5. The molecule has 0 radical (unpaired) electrons. The largest absolute Gasteiger partial charge is 0.478 e. The van der Waals surface area contributed by atoms with Gasteiger partial charge in [-0.1, -0.05) is 84.9 Å². The summed E-state index contributed by atoms with van der Waals surface area (Å²) >= 11 is 0. The third-order valence-electron chi connectivity index (χ3n) is 4.90. The van der Waals surface area contributed by atoms with Crippen LogP contribution in [-0.4, -0.2) is 28.5 Å². The van der Waals surface area contributed by atoms with E-state index in [2.05, 4.69) is 0 Å². The van der Waals surface area contributed by atoms with Crippen LogP contribution in [0.1, 0.15) is 52.6 Å². The van der Waals surface area contributed by atoms with Gasteiger partial charge in [0.05, 0.1) is 5.56 Å². The molecule has 0 aliphatic rings. The fourth-order valence-electron chi connectivity index (χ4n) is 3.06. The first-order valence-corrected chi connectivity index (χ1v) is 10.3. The minimum Gasteiger partial charge on any atom is -0.478 e. The SMILES string of the molecule is NC(=O)c1ccc(C(=O)c2ccccc2)cc1.O=C(O)c1ccc(C(=O)c2ccccc2)cc1. The molecule has 0 saturated heterocycles. The topological polar surface area (TPSA) is 115 Å². The van der Waals surface area contributed by atoms with Gasteiger partial charge < -0.3 is 10.8 Å². The van der Waals surface area contributed by atoms with Crippen molar-refractivity contribution in [1.82, 2.24) is 0 Å². The molecule has 4 aromatic rings. The Kier molecular flexibility index (Phi) is 7.81. The van der Waals surface area contributed by atoms with Crippen molar-refractivity contribution in [3.05, 3.63) is 143 Å². The summed E-state index contributed by atoms with van der Waals surface area (Å²) in [7, 11) is 0. The van der Waals surface area contributed by atoms with Crippen molar-refractivity contribution < 1.29 is 24.3 Å². The van der Waals surface area contributed by atoms with Gasteiger partial charge in [0.15, 0.2) is 11.6 Å². The molecule has 0 aromatic heterocycles. The number of aromatic carboxylic acids is 1. The lowest BCUT2D eigenvalue weighted by Crippen LogP contribution is -2.11. The van der Waals surface area contributed by atoms with Gasteiger partial charge in [0.1, 0.15) is 0 Å². The van der Waals surface area contributed by atoms with Crippen LogP contribution in [0.15, 0.2) is 109 Å². The van der Waals surface area contributed by atoms with Gasteiger partial charge in [-0.2, -0.15) is 0 Å². The summed E-state index contributed by atoms with van der Waals surface area (Å²) in [6, 6.07) is 30.1. The minimum absolute atomic E-state index is 0.0679. The molecule has 0 heterocycles. The number of hydrogen-bond acceptors (Lipinski definition) is 4. The summed E-state index contributed by atoms with van der Waals surface area (Å²) in [5.41, 5.74) is 7.95. The Bertz CT molecular complexity index is 1190. The van der Waals surface area contributed by atoms with E-state index in [1.54, 1.807) is 60.7 Å². The molecule has 34 heavy (non-hydrogen) atoms. The monoisotopic (exact) mass is 451 g/mol. The predicted octanol–water partition coefficient (Wildman–Crippen LogP) is 4.63. The van der Waals surface area contributed by atoms with Crippen molar-refractivity contribution in [3.8, 4) is 0 Å². The minimum atomic E-state index is -0.997. The molecule has 4 rings (SSSR count). The maximum Gasteiger partial charge on any atom is 0.335 e. The van der Waals surface area contributed by atoms with E-state index in [-0.39, 0.29) is 17.1 Å². The average Bonchev–Trinajstić information content (AvgIpc) is 2.89. The summed E-state index contributed by atoms with van der Waals surface area (Å²) in [6.07, 6.45) is 0. The fourth-order valence-corrected chi connectivity index (χ4v) is 3.06. The van der Waals surface area contributed by atoms with E-state index < -0.39 is 11.9 Å². The number of carboxylic acid groups (broad SMARTS) is 1. The molecule has 4 aromatic carbocycles. The van der Waals surface area contributed by atoms with Crippen LogP contribution in [0.3, 0.4) is 0 Å². The second kappa shape index (κ2) is 11.2. The Hall–Kier alpha value is -4.84. The Labute approximate surface area is 196 Å². The number of nitrogens with two attached hydrogens (primary N) is 1. The summed E-state index contributed by atoms with van der Waals surface area (Å²) in [6.45, 7) is 0. The van der Waals surface area contributed by atoms with Crippen LogP contribution in [0.2, 0.25) is 0 Å². The lowest BCUT2D eigenvalue weighted by atomic mass is 10.0. The van der Waals surface area contributed by atoms with E-state index >= 15 is 0 Å². The van der Waals surface area contributed by atoms with Crippen molar-refractivity contribution in [2.75, 3.05) is 0 Å². The molecular formula is C28H21NO5. The number of carbonyl (C=O) groups excluding carboxylic acids is 3. The van der Waals surface area contributed by atoms with Crippen LogP contribution >= 0.6 is 0 Å². The van der Waals surface area contributed by atoms with Gasteiger partial charge in [0, 0.05) is 27.8 Å². The van der Waals surface area contributed by atoms with Crippen LogP contribution < -0.4 is 5.73 Å². The molecule has 1 amide bonds. The van der Waals surface area contributed by atoms with Crippen LogP contribution in [0.25, 0.3) is 0 Å². The predicted molar refractivity (Wildman–Crippen MR) is 128 cm³/mol. The van der Waals surface area contributed by atoms with Gasteiger partial charge in [0.2, 0.25) is 5.91 Å².